The van der Waals surface area contributed by atoms with E-state index >= 15 is 0 Å². The molecule has 0 saturated carbocycles. The summed E-state index contributed by atoms with van der Waals surface area (Å²) < 4.78 is 26.4. The first-order chi connectivity index (χ1) is 7.88. The maximum Gasteiger partial charge on any atom is 0.240 e. The Morgan fingerprint density at radius 1 is 1.41 bits per heavy atom. The second-order valence-electron chi connectivity index (χ2n) is 3.83. The Kier molecular flexibility index (Phi) is 4.16. The molecule has 1 rings (SSSR count). The molecule has 0 spiro atoms. The largest absolute Gasteiger partial charge is 0.398 e. The zero-order valence-electron chi connectivity index (χ0n) is 9.95. The Labute approximate surface area is 102 Å². The highest BCUT2D eigenvalue weighted by Gasteiger charge is 2.17. The summed E-state index contributed by atoms with van der Waals surface area (Å²) in [5.41, 5.74) is 7.59. The van der Waals surface area contributed by atoms with Crippen LogP contribution in [0.2, 0.25) is 0 Å². The van der Waals surface area contributed by atoms with Gasteiger partial charge in [0.2, 0.25) is 10.0 Å². The minimum absolute atomic E-state index is 0.215. The predicted molar refractivity (Wildman–Crippen MR) is 69.0 cm³/mol. The number of hydrogen-bond acceptors (Lipinski definition) is 3. The molecule has 0 aliphatic carbocycles. The number of rotatable bonds is 4. The summed E-state index contributed by atoms with van der Waals surface area (Å²) >= 11 is 0. The lowest BCUT2D eigenvalue weighted by molar-refractivity contribution is 0.582. The van der Waals surface area contributed by atoms with Gasteiger partial charge in [-0.3, -0.25) is 0 Å². The summed E-state index contributed by atoms with van der Waals surface area (Å²) in [6.07, 6.45) is 5.43. The van der Waals surface area contributed by atoms with Gasteiger partial charge in [0.05, 0.1) is 4.90 Å². The first-order valence-electron chi connectivity index (χ1n) is 5.18. The third kappa shape index (κ3) is 3.22. The number of nitrogen functional groups attached to an aromatic ring is 1. The quantitative estimate of drug-likeness (QED) is 0.480. The van der Waals surface area contributed by atoms with Crippen molar-refractivity contribution in [2.45, 2.75) is 25.2 Å². The normalized spacial score (nSPS) is 11.1. The molecule has 0 aliphatic rings. The molecule has 0 heterocycles. The molecule has 0 atom stereocenters. The number of aryl methyl sites for hydroxylation is 1. The molecule has 0 aliphatic heterocycles. The van der Waals surface area contributed by atoms with Crippen molar-refractivity contribution in [2.75, 3.05) is 12.3 Å². The molecule has 3 N–H and O–H groups in total. The van der Waals surface area contributed by atoms with Crippen LogP contribution in [-0.4, -0.2) is 15.0 Å². The molecule has 17 heavy (non-hydrogen) atoms. The number of anilines is 1. The first-order valence-corrected chi connectivity index (χ1v) is 6.66. The zero-order chi connectivity index (χ0) is 13.1. The third-order valence-electron chi connectivity index (χ3n) is 2.40. The number of terminal acetylenes is 1. The second-order valence-corrected chi connectivity index (χ2v) is 5.56. The van der Waals surface area contributed by atoms with Crippen LogP contribution in [0.4, 0.5) is 5.69 Å². The van der Waals surface area contributed by atoms with E-state index in [1.165, 1.54) is 0 Å². The van der Waals surface area contributed by atoms with Crippen LogP contribution in [0.15, 0.2) is 17.0 Å². The summed E-state index contributed by atoms with van der Waals surface area (Å²) in [6.45, 7) is 3.72. The molecule has 92 valence electrons. The van der Waals surface area contributed by atoms with E-state index in [0.717, 1.165) is 5.56 Å². The van der Waals surface area contributed by atoms with E-state index in [1.807, 2.05) is 0 Å². The van der Waals surface area contributed by atoms with E-state index in [1.54, 1.807) is 26.0 Å². The lowest BCUT2D eigenvalue weighted by atomic mass is 10.1. The standard InChI is InChI=1S/C12H16N2O2S/c1-4-5-6-14-17(15,16)12-8-9(2)7-11(13)10(12)3/h1,7-8,14H,5-6,13H2,2-3H3. The van der Waals surface area contributed by atoms with Crippen LogP contribution < -0.4 is 10.5 Å². The summed E-state index contributed by atoms with van der Waals surface area (Å²) in [5, 5.41) is 0. The summed E-state index contributed by atoms with van der Waals surface area (Å²) in [7, 11) is -3.53. The lowest BCUT2D eigenvalue weighted by Crippen LogP contribution is -2.25. The van der Waals surface area contributed by atoms with Gasteiger partial charge in [0.1, 0.15) is 0 Å². The molecule has 0 radical (unpaired) electrons. The Hall–Kier alpha value is -1.51. The van der Waals surface area contributed by atoms with Gasteiger partial charge in [-0.05, 0) is 37.1 Å². The SMILES string of the molecule is C#CCCNS(=O)(=O)c1cc(C)cc(N)c1C. The Bertz CT molecular complexity index is 557. The van der Waals surface area contributed by atoms with Crippen LogP contribution in [0.3, 0.4) is 0 Å². The van der Waals surface area contributed by atoms with E-state index in [-0.39, 0.29) is 11.4 Å². The van der Waals surface area contributed by atoms with Crippen molar-refractivity contribution in [1.29, 1.82) is 0 Å². The lowest BCUT2D eigenvalue weighted by Gasteiger charge is -2.11. The maximum atomic E-state index is 12.0. The van der Waals surface area contributed by atoms with Crippen LogP contribution in [-0.2, 0) is 10.0 Å². The van der Waals surface area contributed by atoms with Crippen LogP contribution >= 0.6 is 0 Å². The molecule has 0 aromatic heterocycles. The summed E-state index contributed by atoms with van der Waals surface area (Å²) in [6, 6.07) is 3.35. The first kappa shape index (κ1) is 13.6. The van der Waals surface area contributed by atoms with Crippen LogP contribution in [0, 0.1) is 26.2 Å². The third-order valence-corrected chi connectivity index (χ3v) is 3.98. The fourth-order valence-corrected chi connectivity index (χ4v) is 2.86. The van der Waals surface area contributed by atoms with Gasteiger partial charge in [-0.2, -0.15) is 0 Å². The highest BCUT2D eigenvalue weighted by Crippen LogP contribution is 2.22. The second kappa shape index (κ2) is 5.21. The molecule has 0 bridgehead atoms. The molecule has 0 saturated heterocycles. The van der Waals surface area contributed by atoms with E-state index in [4.69, 9.17) is 12.2 Å². The average molecular weight is 252 g/mol. The van der Waals surface area contributed by atoms with Crippen molar-refractivity contribution >= 4 is 15.7 Å². The highest BCUT2D eigenvalue weighted by atomic mass is 32.2. The molecule has 0 unspecified atom stereocenters. The smallest absolute Gasteiger partial charge is 0.240 e. The zero-order valence-corrected chi connectivity index (χ0v) is 10.8. The molecule has 4 nitrogen and oxygen atoms in total. The summed E-state index contributed by atoms with van der Waals surface area (Å²) in [5.74, 6) is 2.38. The van der Waals surface area contributed by atoms with Crippen LogP contribution in [0.25, 0.3) is 0 Å². The monoisotopic (exact) mass is 252 g/mol. The topological polar surface area (TPSA) is 72.2 Å². The highest BCUT2D eigenvalue weighted by molar-refractivity contribution is 7.89. The number of nitrogens with one attached hydrogen (secondary N) is 1. The van der Waals surface area contributed by atoms with Crippen LogP contribution in [0.1, 0.15) is 17.5 Å². The van der Waals surface area contributed by atoms with Crippen molar-refractivity contribution in [3.8, 4) is 12.3 Å². The van der Waals surface area contributed by atoms with Crippen molar-refractivity contribution in [1.82, 2.24) is 4.72 Å². The average Bonchev–Trinajstić information content (AvgIpc) is 2.23. The molecule has 0 fully saturated rings. The van der Waals surface area contributed by atoms with E-state index in [0.29, 0.717) is 17.7 Å². The fourth-order valence-electron chi connectivity index (χ4n) is 1.47. The van der Waals surface area contributed by atoms with Gasteiger partial charge in [0.15, 0.2) is 0 Å². The van der Waals surface area contributed by atoms with Gasteiger partial charge >= 0.3 is 0 Å². The van der Waals surface area contributed by atoms with Gasteiger partial charge in [0.25, 0.3) is 0 Å². The minimum atomic E-state index is -3.53. The molecule has 1 aromatic rings. The molecular weight excluding hydrogens is 236 g/mol. The summed E-state index contributed by atoms with van der Waals surface area (Å²) in [4.78, 5) is 0.215. The molecule has 1 aromatic carbocycles. The number of sulfonamides is 1. The van der Waals surface area contributed by atoms with E-state index in [2.05, 4.69) is 10.6 Å². The number of nitrogens with two attached hydrogens (primary N) is 1. The number of benzene rings is 1. The van der Waals surface area contributed by atoms with Crippen molar-refractivity contribution in [3.05, 3.63) is 23.3 Å². The van der Waals surface area contributed by atoms with E-state index in [9.17, 15) is 8.42 Å². The Morgan fingerprint density at radius 3 is 2.65 bits per heavy atom. The molecule has 5 heteroatoms. The fraction of sp³-hybridized carbons (Fsp3) is 0.333. The van der Waals surface area contributed by atoms with Gasteiger partial charge in [-0.1, -0.05) is 0 Å². The molecule has 0 amide bonds. The van der Waals surface area contributed by atoms with E-state index < -0.39 is 10.0 Å². The van der Waals surface area contributed by atoms with Crippen molar-refractivity contribution in [2.24, 2.45) is 0 Å². The van der Waals surface area contributed by atoms with Gasteiger partial charge in [-0.15, -0.1) is 12.3 Å². The Morgan fingerprint density at radius 2 is 2.06 bits per heavy atom. The van der Waals surface area contributed by atoms with Crippen molar-refractivity contribution in [3.63, 3.8) is 0 Å². The van der Waals surface area contributed by atoms with Crippen LogP contribution in [0.5, 0.6) is 0 Å². The predicted octanol–water partition coefficient (Wildman–Crippen LogP) is 1.19. The molecular formula is C12H16N2O2S. The van der Waals surface area contributed by atoms with Gasteiger partial charge in [0, 0.05) is 18.7 Å². The minimum Gasteiger partial charge on any atom is -0.398 e. The maximum absolute atomic E-state index is 12.0. The number of hydrogen-bond donors (Lipinski definition) is 2. The Balaban J connectivity index is 3.12. The van der Waals surface area contributed by atoms with Gasteiger partial charge < -0.3 is 5.73 Å². The van der Waals surface area contributed by atoms with Crippen molar-refractivity contribution < 1.29 is 8.42 Å². The van der Waals surface area contributed by atoms with Gasteiger partial charge in [-0.25, -0.2) is 13.1 Å².